The highest BCUT2D eigenvalue weighted by Crippen LogP contribution is 2.32. The van der Waals surface area contributed by atoms with Gasteiger partial charge in [-0.3, -0.25) is 0 Å². The number of hydrogen-bond donors (Lipinski definition) is 1. The Bertz CT molecular complexity index is 434. The number of ether oxygens (including phenoxy) is 3. The van der Waals surface area contributed by atoms with Gasteiger partial charge in [0.25, 0.3) is 0 Å². The van der Waals surface area contributed by atoms with Crippen LogP contribution in [0.15, 0.2) is 31.0 Å². The van der Waals surface area contributed by atoms with Crippen LogP contribution < -0.4 is 14.8 Å². The van der Waals surface area contributed by atoms with Crippen molar-refractivity contribution in [3.05, 3.63) is 36.6 Å². The maximum Gasteiger partial charge on any atom is 0.231 e. The molecule has 0 amide bonds. The van der Waals surface area contributed by atoms with E-state index in [4.69, 9.17) is 14.2 Å². The highest BCUT2D eigenvalue weighted by Gasteiger charge is 2.13. The van der Waals surface area contributed by atoms with Crippen LogP contribution in [0.5, 0.6) is 11.5 Å². The zero-order valence-corrected chi connectivity index (χ0v) is 12.1. The quantitative estimate of drug-likeness (QED) is 0.556. The first-order valence-electron chi connectivity index (χ1n) is 7.14. The predicted molar refractivity (Wildman–Crippen MR) is 79.1 cm³/mol. The van der Waals surface area contributed by atoms with Crippen LogP contribution in [0.3, 0.4) is 0 Å². The van der Waals surface area contributed by atoms with Crippen LogP contribution in [-0.2, 0) is 11.2 Å². The second kappa shape index (κ2) is 7.80. The fraction of sp³-hybridized carbons (Fsp3) is 0.500. The number of rotatable bonds is 9. The molecular formula is C16H23NO3. The average molecular weight is 277 g/mol. The van der Waals surface area contributed by atoms with Gasteiger partial charge < -0.3 is 19.5 Å². The highest BCUT2D eigenvalue weighted by molar-refractivity contribution is 5.44. The summed E-state index contributed by atoms with van der Waals surface area (Å²) in [6.07, 6.45) is 4.62. The molecule has 1 aromatic carbocycles. The molecule has 4 heteroatoms. The summed E-state index contributed by atoms with van der Waals surface area (Å²) >= 11 is 0. The Hall–Kier alpha value is -1.68. The second-order valence-electron chi connectivity index (χ2n) is 4.97. The van der Waals surface area contributed by atoms with Crippen LogP contribution in [0.1, 0.15) is 25.3 Å². The Morgan fingerprint density at radius 3 is 3.10 bits per heavy atom. The van der Waals surface area contributed by atoms with Gasteiger partial charge in [-0.25, -0.2) is 0 Å². The van der Waals surface area contributed by atoms with Gasteiger partial charge in [0, 0.05) is 6.04 Å². The monoisotopic (exact) mass is 277 g/mol. The third kappa shape index (κ3) is 4.46. The van der Waals surface area contributed by atoms with Crippen LogP contribution in [0.2, 0.25) is 0 Å². The normalized spacial score (nSPS) is 14.1. The Morgan fingerprint density at radius 1 is 1.40 bits per heavy atom. The number of fused-ring (bicyclic) bond motifs is 1. The second-order valence-corrected chi connectivity index (χ2v) is 4.97. The van der Waals surface area contributed by atoms with Gasteiger partial charge in [-0.15, -0.1) is 0 Å². The van der Waals surface area contributed by atoms with Crippen molar-refractivity contribution in [1.82, 2.24) is 5.32 Å². The first-order chi connectivity index (χ1) is 9.79. The molecule has 0 aromatic heterocycles. The molecule has 110 valence electrons. The van der Waals surface area contributed by atoms with Crippen LogP contribution >= 0.6 is 0 Å². The van der Waals surface area contributed by atoms with Crippen molar-refractivity contribution >= 4 is 0 Å². The van der Waals surface area contributed by atoms with E-state index in [-0.39, 0.29) is 0 Å². The van der Waals surface area contributed by atoms with E-state index in [0.717, 1.165) is 43.9 Å². The summed E-state index contributed by atoms with van der Waals surface area (Å²) in [5.41, 5.74) is 1.29. The van der Waals surface area contributed by atoms with Gasteiger partial charge >= 0.3 is 0 Å². The number of aryl methyl sites for hydroxylation is 1. The number of nitrogens with one attached hydrogen (secondary N) is 1. The standard InChI is InChI=1S/C16H23NO3/c1-3-18-10-4-9-17-13(2)5-6-14-7-8-15-16(11-14)20-12-19-15/h3,7-8,11,13,17H,1,4-6,9-10,12H2,2H3. The Kier molecular flexibility index (Phi) is 5.74. The lowest BCUT2D eigenvalue weighted by Gasteiger charge is -2.13. The Balaban J connectivity index is 1.65. The third-order valence-electron chi connectivity index (χ3n) is 3.35. The fourth-order valence-electron chi connectivity index (χ4n) is 2.17. The molecule has 20 heavy (non-hydrogen) atoms. The number of hydrogen-bond acceptors (Lipinski definition) is 4. The maximum absolute atomic E-state index is 5.39. The fourth-order valence-corrected chi connectivity index (χ4v) is 2.17. The summed E-state index contributed by atoms with van der Waals surface area (Å²) in [6.45, 7) is 7.76. The molecule has 4 nitrogen and oxygen atoms in total. The van der Waals surface area contributed by atoms with E-state index in [9.17, 15) is 0 Å². The number of benzene rings is 1. The molecule has 1 aromatic rings. The van der Waals surface area contributed by atoms with Gasteiger partial charge in [-0.05, 0) is 50.4 Å². The van der Waals surface area contributed by atoms with E-state index < -0.39 is 0 Å². The molecule has 1 aliphatic heterocycles. The van der Waals surface area contributed by atoms with Gasteiger partial charge in [0.2, 0.25) is 6.79 Å². The first-order valence-corrected chi connectivity index (χ1v) is 7.14. The van der Waals surface area contributed by atoms with E-state index in [2.05, 4.69) is 31.0 Å². The molecule has 0 bridgehead atoms. The van der Waals surface area contributed by atoms with E-state index in [1.807, 2.05) is 6.07 Å². The average Bonchev–Trinajstić information content (AvgIpc) is 2.92. The van der Waals surface area contributed by atoms with Gasteiger partial charge in [0.1, 0.15) is 0 Å². The topological polar surface area (TPSA) is 39.7 Å². The summed E-state index contributed by atoms with van der Waals surface area (Å²) in [5, 5.41) is 3.49. The molecule has 0 radical (unpaired) electrons. The van der Waals surface area contributed by atoms with E-state index in [0.29, 0.717) is 12.8 Å². The minimum Gasteiger partial charge on any atom is -0.502 e. The largest absolute Gasteiger partial charge is 0.502 e. The summed E-state index contributed by atoms with van der Waals surface area (Å²) in [5.74, 6) is 1.71. The molecule has 0 aliphatic carbocycles. The van der Waals surface area contributed by atoms with Crippen LogP contribution in [-0.4, -0.2) is 26.0 Å². The smallest absolute Gasteiger partial charge is 0.231 e. The molecule has 0 fully saturated rings. The van der Waals surface area contributed by atoms with Crippen molar-refractivity contribution < 1.29 is 14.2 Å². The van der Waals surface area contributed by atoms with Crippen LogP contribution in [0, 0.1) is 0 Å². The molecule has 1 atom stereocenters. The van der Waals surface area contributed by atoms with Gasteiger partial charge in [-0.2, -0.15) is 0 Å². The van der Waals surface area contributed by atoms with Crippen molar-refractivity contribution in [3.8, 4) is 11.5 Å². The molecule has 0 saturated heterocycles. The molecule has 0 saturated carbocycles. The van der Waals surface area contributed by atoms with Gasteiger partial charge in [-0.1, -0.05) is 12.6 Å². The zero-order valence-electron chi connectivity index (χ0n) is 12.1. The predicted octanol–water partition coefficient (Wildman–Crippen LogP) is 2.88. The lowest BCUT2D eigenvalue weighted by molar-refractivity contribution is 0.174. The Morgan fingerprint density at radius 2 is 2.25 bits per heavy atom. The minimum atomic E-state index is 0.337. The SMILES string of the molecule is C=COCCCNC(C)CCc1ccc2c(c1)OCO2. The lowest BCUT2D eigenvalue weighted by Crippen LogP contribution is -2.28. The first kappa shape index (κ1) is 14.7. The van der Waals surface area contributed by atoms with Crippen molar-refractivity contribution in [2.45, 2.75) is 32.2 Å². The van der Waals surface area contributed by atoms with E-state index in [1.165, 1.54) is 11.8 Å². The molecule has 1 aliphatic rings. The lowest BCUT2D eigenvalue weighted by atomic mass is 10.1. The zero-order chi connectivity index (χ0) is 14.2. The van der Waals surface area contributed by atoms with Crippen molar-refractivity contribution in [2.24, 2.45) is 0 Å². The van der Waals surface area contributed by atoms with Crippen LogP contribution in [0.4, 0.5) is 0 Å². The molecule has 1 heterocycles. The van der Waals surface area contributed by atoms with Crippen LogP contribution in [0.25, 0.3) is 0 Å². The molecule has 2 rings (SSSR count). The van der Waals surface area contributed by atoms with Gasteiger partial charge in [0.05, 0.1) is 12.9 Å². The molecule has 0 spiro atoms. The van der Waals surface area contributed by atoms with Crippen molar-refractivity contribution in [2.75, 3.05) is 19.9 Å². The summed E-state index contributed by atoms with van der Waals surface area (Å²) in [4.78, 5) is 0. The minimum absolute atomic E-state index is 0.337. The van der Waals surface area contributed by atoms with E-state index >= 15 is 0 Å². The summed E-state index contributed by atoms with van der Waals surface area (Å²) in [6, 6.07) is 6.66. The van der Waals surface area contributed by atoms with Gasteiger partial charge in [0.15, 0.2) is 11.5 Å². The Labute approximate surface area is 120 Å². The molecular weight excluding hydrogens is 254 g/mol. The van der Waals surface area contributed by atoms with Crippen molar-refractivity contribution in [3.63, 3.8) is 0 Å². The third-order valence-corrected chi connectivity index (χ3v) is 3.35. The van der Waals surface area contributed by atoms with E-state index in [1.54, 1.807) is 0 Å². The van der Waals surface area contributed by atoms with Crippen molar-refractivity contribution in [1.29, 1.82) is 0 Å². The summed E-state index contributed by atoms with van der Waals surface area (Å²) < 4.78 is 15.8. The highest BCUT2D eigenvalue weighted by atomic mass is 16.7. The summed E-state index contributed by atoms with van der Waals surface area (Å²) in [7, 11) is 0. The molecule has 1 unspecified atom stereocenters. The maximum atomic E-state index is 5.39. The molecule has 1 N–H and O–H groups in total.